The Hall–Kier alpha value is -0.210. The van der Waals surface area contributed by atoms with Gasteiger partial charge in [-0.25, -0.2) is 0 Å². The summed E-state index contributed by atoms with van der Waals surface area (Å²) in [6.07, 6.45) is -0.259. The van der Waals surface area contributed by atoms with Crippen LogP contribution in [0.15, 0.2) is 0 Å². The van der Waals surface area contributed by atoms with Gasteiger partial charge in [0.25, 0.3) is 10.2 Å². The molecule has 0 aliphatic carbocycles. The Morgan fingerprint density at radius 1 is 1.44 bits per heavy atom. The van der Waals surface area contributed by atoms with Gasteiger partial charge in [-0.3, -0.25) is 0 Å². The Labute approximate surface area is 110 Å². The number of nitrogens with one attached hydrogen (secondary N) is 1. The van der Waals surface area contributed by atoms with Gasteiger partial charge in [0.1, 0.15) is 0 Å². The van der Waals surface area contributed by atoms with E-state index >= 15 is 0 Å². The Bertz CT molecular complexity index is 387. The highest BCUT2D eigenvalue weighted by Crippen LogP contribution is 2.23. The zero-order valence-electron chi connectivity index (χ0n) is 11.9. The number of ether oxygens (including phenoxy) is 1. The molecule has 1 heterocycles. The number of hydrogen-bond donors (Lipinski definition) is 2. The lowest BCUT2D eigenvalue weighted by Crippen LogP contribution is -2.60. The normalized spacial score (nSPS) is 26.2. The summed E-state index contributed by atoms with van der Waals surface area (Å²) in [5.74, 6) is 0. The molecule has 18 heavy (non-hydrogen) atoms. The summed E-state index contributed by atoms with van der Waals surface area (Å²) in [6.45, 7) is 10.1. The minimum Gasteiger partial charge on any atom is -0.368 e. The average molecular weight is 279 g/mol. The van der Waals surface area contributed by atoms with Crippen molar-refractivity contribution < 1.29 is 13.2 Å². The molecular formula is C11H25N3O3S. The van der Waals surface area contributed by atoms with E-state index in [1.54, 1.807) is 0 Å². The fourth-order valence-electron chi connectivity index (χ4n) is 2.00. The number of hydrogen-bond acceptors (Lipinski definition) is 4. The third-order valence-electron chi connectivity index (χ3n) is 2.49. The molecular weight excluding hydrogens is 254 g/mol. The summed E-state index contributed by atoms with van der Waals surface area (Å²) in [5.41, 5.74) is 4.57. The molecule has 1 rings (SSSR count). The monoisotopic (exact) mass is 279 g/mol. The smallest absolute Gasteiger partial charge is 0.280 e. The predicted molar refractivity (Wildman–Crippen MR) is 71.4 cm³/mol. The van der Waals surface area contributed by atoms with Crippen molar-refractivity contribution in [3.05, 3.63) is 0 Å². The Kier molecular flexibility index (Phi) is 4.45. The minimum atomic E-state index is -3.51. The van der Waals surface area contributed by atoms with Gasteiger partial charge in [0.15, 0.2) is 0 Å². The van der Waals surface area contributed by atoms with Gasteiger partial charge < -0.3 is 10.5 Å². The van der Waals surface area contributed by atoms with E-state index in [0.29, 0.717) is 19.6 Å². The van der Waals surface area contributed by atoms with Crippen LogP contribution in [0, 0.1) is 0 Å². The Morgan fingerprint density at radius 3 is 2.44 bits per heavy atom. The Balaban J connectivity index is 2.88. The maximum absolute atomic E-state index is 12.3. The molecule has 0 bridgehead atoms. The average Bonchev–Trinajstić information content (AvgIpc) is 2.11. The van der Waals surface area contributed by atoms with Crippen molar-refractivity contribution in [1.82, 2.24) is 9.03 Å². The van der Waals surface area contributed by atoms with Crippen molar-refractivity contribution in [2.24, 2.45) is 5.73 Å². The maximum Gasteiger partial charge on any atom is 0.280 e. The van der Waals surface area contributed by atoms with Gasteiger partial charge in [-0.05, 0) is 34.6 Å². The van der Waals surface area contributed by atoms with Crippen LogP contribution in [-0.4, -0.2) is 49.6 Å². The van der Waals surface area contributed by atoms with Crippen LogP contribution in [0.2, 0.25) is 0 Å². The third kappa shape index (κ3) is 4.47. The third-order valence-corrected chi connectivity index (χ3v) is 4.32. The van der Waals surface area contributed by atoms with Crippen LogP contribution in [0.4, 0.5) is 0 Å². The van der Waals surface area contributed by atoms with E-state index in [1.165, 1.54) is 4.31 Å². The van der Waals surface area contributed by atoms with Gasteiger partial charge in [-0.2, -0.15) is 17.4 Å². The van der Waals surface area contributed by atoms with Crippen molar-refractivity contribution >= 4 is 10.2 Å². The molecule has 0 amide bonds. The summed E-state index contributed by atoms with van der Waals surface area (Å²) in [6, 6.07) is 0. The molecule has 6 nitrogen and oxygen atoms in total. The van der Waals surface area contributed by atoms with Gasteiger partial charge in [0.05, 0.1) is 11.7 Å². The highest BCUT2D eigenvalue weighted by atomic mass is 32.2. The standard InChI is InChI=1S/C11H25N3O3S/c1-10(2,3)13-18(15,16)14-7-9(6-12)17-11(4,5)8-14/h9,13H,6-8,12H2,1-5H3. The van der Waals surface area contributed by atoms with E-state index in [9.17, 15) is 8.42 Å². The van der Waals surface area contributed by atoms with Crippen LogP contribution in [0.5, 0.6) is 0 Å². The molecule has 1 aliphatic heterocycles. The molecule has 0 spiro atoms. The second kappa shape index (κ2) is 5.05. The summed E-state index contributed by atoms with van der Waals surface area (Å²) < 4.78 is 34.3. The van der Waals surface area contributed by atoms with Gasteiger partial charge in [-0.15, -0.1) is 0 Å². The number of nitrogens with two attached hydrogens (primary N) is 1. The number of rotatable bonds is 3. The quantitative estimate of drug-likeness (QED) is 0.765. The van der Waals surface area contributed by atoms with Crippen molar-refractivity contribution in [3.63, 3.8) is 0 Å². The van der Waals surface area contributed by atoms with E-state index in [1.807, 2.05) is 34.6 Å². The van der Waals surface area contributed by atoms with Gasteiger partial charge in [0, 0.05) is 25.2 Å². The van der Waals surface area contributed by atoms with Crippen molar-refractivity contribution in [3.8, 4) is 0 Å². The van der Waals surface area contributed by atoms with E-state index < -0.39 is 21.3 Å². The molecule has 108 valence electrons. The largest absolute Gasteiger partial charge is 0.368 e. The predicted octanol–water partition coefficient (Wildman–Crippen LogP) is 0.0574. The zero-order valence-corrected chi connectivity index (χ0v) is 12.7. The molecule has 1 saturated heterocycles. The fourth-order valence-corrected chi connectivity index (χ4v) is 3.75. The van der Waals surface area contributed by atoms with Crippen LogP contribution in [-0.2, 0) is 14.9 Å². The Morgan fingerprint density at radius 2 is 2.00 bits per heavy atom. The first kappa shape index (κ1) is 15.8. The fraction of sp³-hybridized carbons (Fsp3) is 1.00. The minimum absolute atomic E-state index is 0.259. The second-order valence-corrected chi connectivity index (χ2v) is 8.06. The SMILES string of the molecule is CC(C)(C)NS(=O)(=O)N1CC(CN)OC(C)(C)C1. The summed E-state index contributed by atoms with van der Waals surface area (Å²) in [4.78, 5) is 0. The van der Waals surface area contributed by atoms with Crippen LogP contribution < -0.4 is 10.5 Å². The van der Waals surface area contributed by atoms with Crippen LogP contribution in [0.25, 0.3) is 0 Å². The van der Waals surface area contributed by atoms with Crippen molar-refractivity contribution in [2.45, 2.75) is 51.9 Å². The molecule has 0 saturated carbocycles. The zero-order chi connectivity index (χ0) is 14.2. The van der Waals surface area contributed by atoms with Crippen molar-refractivity contribution in [1.29, 1.82) is 0 Å². The molecule has 0 aromatic heterocycles. The number of nitrogens with zero attached hydrogens (tertiary/aromatic N) is 1. The summed E-state index contributed by atoms with van der Waals surface area (Å²) >= 11 is 0. The highest BCUT2D eigenvalue weighted by molar-refractivity contribution is 7.87. The highest BCUT2D eigenvalue weighted by Gasteiger charge is 2.39. The first-order valence-corrected chi connectivity index (χ1v) is 7.56. The first-order valence-electron chi connectivity index (χ1n) is 6.12. The molecule has 0 radical (unpaired) electrons. The molecule has 1 fully saturated rings. The lowest BCUT2D eigenvalue weighted by molar-refractivity contribution is -0.113. The van der Waals surface area contributed by atoms with E-state index in [2.05, 4.69) is 4.72 Å². The molecule has 1 aliphatic rings. The topological polar surface area (TPSA) is 84.7 Å². The van der Waals surface area contributed by atoms with Gasteiger partial charge >= 0.3 is 0 Å². The van der Waals surface area contributed by atoms with Gasteiger partial charge in [0.2, 0.25) is 0 Å². The van der Waals surface area contributed by atoms with E-state index in [4.69, 9.17) is 10.5 Å². The summed E-state index contributed by atoms with van der Waals surface area (Å²) in [5, 5.41) is 0. The molecule has 1 unspecified atom stereocenters. The molecule has 7 heteroatoms. The lowest BCUT2D eigenvalue weighted by atomic mass is 10.1. The molecule has 0 aromatic carbocycles. The molecule has 3 N–H and O–H groups in total. The summed E-state index contributed by atoms with van der Waals surface area (Å²) in [7, 11) is -3.51. The first-order chi connectivity index (χ1) is 7.95. The van der Waals surface area contributed by atoms with E-state index in [0.717, 1.165) is 0 Å². The van der Waals surface area contributed by atoms with Crippen LogP contribution in [0.3, 0.4) is 0 Å². The van der Waals surface area contributed by atoms with Crippen LogP contribution in [0.1, 0.15) is 34.6 Å². The van der Waals surface area contributed by atoms with Gasteiger partial charge in [-0.1, -0.05) is 0 Å². The number of morpholine rings is 1. The molecule has 1 atom stereocenters. The molecule has 0 aromatic rings. The lowest BCUT2D eigenvalue weighted by Gasteiger charge is -2.42. The van der Waals surface area contributed by atoms with Crippen LogP contribution >= 0.6 is 0 Å². The van der Waals surface area contributed by atoms with E-state index in [-0.39, 0.29) is 6.10 Å². The second-order valence-electron chi connectivity index (χ2n) is 6.38. The maximum atomic E-state index is 12.3. The van der Waals surface area contributed by atoms with Crippen molar-refractivity contribution in [2.75, 3.05) is 19.6 Å².